The van der Waals surface area contributed by atoms with Gasteiger partial charge in [-0.2, -0.15) is 0 Å². The highest BCUT2D eigenvalue weighted by atomic mass is 35.5. The highest BCUT2D eigenvalue weighted by Gasteiger charge is 2.05. The molecule has 0 saturated heterocycles. The Morgan fingerprint density at radius 1 is 0.867 bits per heavy atom. The maximum absolute atomic E-state index is 13.0. The zero-order chi connectivity index (χ0) is 10.8. The van der Waals surface area contributed by atoms with Crippen LogP contribution < -0.4 is 0 Å². The van der Waals surface area contributed by atoms with Gasteiger partial charge in [0.15, 0.2) is 0 Å². The van der Waals surface area contributed by atoms with E-state index in [-0.39, 0.29) is 0 Å². The fourth-order valence-electron chi connectivity index (χ4n) is 1.40. The molecule has 0 unspecified atom stereocenters. The summed E-state index contributed by atoms with van der Waals surface area (Å²) in [6.07, 6.45) is 0. The second-order valence-corrected chi connectivity index (χ2v) is 3.55. The highest BCUT2D eigenvalue weighted by Crippen LogP contribution is 2.28. The minimum atomic E-state index is -0.607. The molecule has 0 amide bonds. The molecule has 0 atom stereocenters. The van der Waals surface area contributed by atoms with E-state index >= 15 is 0 Å². The summed E-state index contributed by atoms with van der Waals surface area (Å²) in [6, 6.07) is 10.3. The van der Waals surface area contributed by atoms with E-state index in [1.165, 1.54) is 12.1 Å². The van der Waals surface area contributed by atoms with Crippen LogP contribution in [-0.2, 0) is 0 Å². The Balaban J connectivity index is 2.59. The van der Waals surface area contributed by atoms with E-state index in [4.69, 9.17) is 11.6 Å². The molecule has 2 aromatic rings. The van der Waals surface area contributed by atoms with Crippen LogP contribution in [0.15, 0.2) is 42.5 Å². The minimum absolute atomic E-state index is 0.443. The minimum Gasteiger partial charge on any atom is -0.207 e. The maximum Gasteiger partial charge on any atom is 0.126 e. The molecule has 0 heterocycles. The summed E-state index contributed by atoms with van der Waals surface area (Å²) < 4.78 is 25.9. The molecule has 2 rings (SSSR count). The fourth-order valence-corrected chi connectivity index (χ4v) is 1.65. The van der Waals surface area contributed by atoms with Gasteiger partial charge in [-0.3, -0.25) is 0 Å². The highest BCUT2D eigenvalue weighted by molar-refractivity contribution is 6.33. The van der Waals surface area contributed by atoms with Crippen molar-refractivity contribution in [2.75, 3.05) is 0 Å². The molecule has 0 nitrogen and oxygen atoms in total. The smallest absolute Gasteiger partial charge is 0.126 e. The third-order valence-corrected chi connectivity index (χ3v) is 2.38. The lowest BCUT2D eigenvalue weighted by atomic mass is 10.1. The first-order valence-corrected chi connectivity index (χ1v) is 4.75. The SMILES string of the molecule is Fc1cc(F)cc(-c2ccccc2Cl)c1. The van der Waals surface area contributed by atoms with Crippen LogP contribution in [0, 0.1) is 11.6 Å². The first kappa shape index (κ1) is 10.1. The summed E-state index contributed by atoms with van der Waals surface area (Å²) >= 11 is 5.92. The van der Waals surface area contributed by atoms with Gasteiger partial charge in [0, 0.05) is 16.7 Å². The molecule has 0 bridgehead atoms. The van der Waals surface area contributed by atoms with Gasteiger partial charge in [-0.25, -0.2) is 8.78 Å². The van der Waals surface area contributed by atoms with Crippen LogP contribution >= 0.6 is 11.6 Å². The molecule has 0 saturated carbocycles. The van der Waals surface area contributed by atoms with E-state index in [0.717, 1.165) is 6.07 Å². The molecule has 15 heavy (non-hydrogen) atoms. The van der Waals surface area contributed by atoms with Crippen LogP contribution in [0.25, 0.3) is 11.1 Å². The molecule has 0 aliphatic rings. The predicted octanol–water partition coefficient (Wildman–Crippen LogP) is 4.29. The normalized spacial score (nSPS) is 10.3. The van der Waals surface area contributed by atoms with Crippen molar-refractivity contribution >= 4 is 11.6 Å². The van der Waals surface area contributed by atoms with Gasteiger partial charge >= 0.3 is 0 Å². The van der Waals surface area contributed by atoms with E-state index in [2.05, 4.69) is 0 Å². The Bertz CT molecular complexity index is 474. The summed E-state index contributed by atoms with van der Waals surface area (Å²) in [4.78, 5) is 0. The Hall–Kier alpha value is -1.41. The average molecular weight is 225 g/mol. The van der Waals surface area contributed by atoms with Crippen molar-refractivity contribution in [3.05, 3.63) is 59.1 Å². The summed E-state index contributed by atoms with van der Waals surface area (Å²) in [7, 11) is 0. The van der Waals surface area contributed by atoms with E-state index in [1.54, 1.807) is 24.3 Å². The predicted molar refractivity (Wildman–Crippen MR) is 56.8 cm³/mol. The van der Waals surface area contributed by atoms with Crippen molar-refractivity contribution in [2.45, 2.75) is 0 Å². The van der Waals surface area contributed by atoms with Gasteiger partial charge in [0.1, 0.15) is 11.6 Å². The molecule has 76 valence electrons. The third-order valence-electron chi connectivity index (χ3n) is 2.05. The van der Waals surface area contributed by atoms with Crippen molar-refractivity contribution in [3.8, 4) is 11.1 Å². The van der Waals surface area contributed by atoms with Gasteiger partial charge in [-0.05, 0) is 23.8 Å². The first-order chi connectivity index (χ1) is 7.16. The molecule has 3 heteroatoms. The molecule has 0 radical (unpaired) electrons. The zero-order valence-corrected chi connectivity index (χ0v) is 8.43. The molecule has 0 fully saturated rings. The van der Waals surface area contributed by atoms with Crippen LogP contribution in [0.1, 0.15) is 0 Å². The monoisotopic (exact) mass is 224 g/mol. The Morgan fingerprint density at radius 2 is 1.47 bits per heavy atom. The Labute approximate surface area is 91.1 Å². The molecule has 2 aromatic carbocycles. The average Bonchev–Trinajstić information content (AvgIpc) is 2.16. The van der Waals surface area contributed by atoms with Crippen LogP contribution in [0.2, 0.25) is 5.02 Å². The largest absolute Gasteiger partial charge is 0.207 e. The molecule has 0 spiro atoms. The van der Waals surface area contributed by atoms with Gasteiger partial charge in [0.2, 0.25) is 0 Å². The van der Waals surface area contributed by atoms with Gasteiger partial charge in [0.25, 0.3) is 0 Å². The number of rotatable bonds is 1. The van der Waals surface area contributed by atoms with E-state index in [0.29, 0.717) is 16.1 Å². The lowest BCUT2D eigenvalue weighted by molar-refractivity contribution is 0.584. The van der Waals surface area contributed by atoms with Crippen LogP contribution in [0.5, 0.6) is 0 Å². The fraction of sp³-hybridized carbons (Fsp3) is 0. The summed E-state index contributed by atoms with van der Waals surface area (Å²) in [6.45, 7) is 0. The van der Waals surface area contributed by atoms with E-state index < -0.39 is 11.6 Å². The van der Waals surface area contributed by atoms with Crippen molar-refractivity contribution in [3.63, 3.8) is 0 Å². The maximum atomic E-state index is 13.0. The first-order valence-electron chi connectivity index (χ1n) is 4.38. The van der Waals surface area contributed by atoms with Gasteiger partial charge < -0.3 is 0 Å². The van der Waals surface area contributed by atoms with Crippen LogP contribution in [-0.4, -0.2) is 0 Å². The Morgan fingerprint density at radius 3 is 2.07 bits per heavy atom. The van der Waals surface area contributed by atoms with E-state index in [1.807, 2.05) is 0 Å². The number of benzene rings is 2. The second kappa shape index (κ2) is 3.99. The number of hydrogen-bond acceptors (Lipinski definition) is 0. The van der Waals surface area contributed by atoms with Crippen molar-refractivity contribution in [2.24, 2.45) is 0 Å². The van der Waals surface area contributed by atoms with E-state index in [9.17, 15) is 8.78 Å². The number of hydrogen-bond donors (Lipinski definition) is 0. The van der Waals surface area contributed by atoms with Gasteiger partial charge in [-0.1, -0.05) is 29.8 Å². The third kappa shape index (κ3) is 2.16. The summed E-state index contributed by atoms with van der Waals surface area (Å²) in [5.41, 5.74) is 1.07. The van der Waals surface area contributed by atoms with Crippen LogP contribution in [0.3, 0.4) is 0 Å². The lowest BCUT2D eigenvalue weighted by Gasteiger charge is -2.04. The quantitative estimate of drug-likeness (QED) is 0.678. The summed E-state index contributed by atoms with van der Waals surface area (Å²) in [5.74, 6) is -1.21. The Kier molecular flexibility index (Phi) is 2.69. The standard InChI is InChI=1S/C12H7ClF2/c13-12-4-2-1-3-11(12)8-5-9(14)7-10(15)6-8/h1-7H. The lowest BCUT2D eigenvalue weighted by Crippen LogP contribution is -1.84. The number of halogens is 3. The molecule has 0 N–H and O–H groups in total. The van der Waals surface area contributed by atoms with Crippen molar-refractivity contribution in [1.82, 2.24) is 0 Å². The van der Waals surface area contributed by atoms with Gasteiger partial charge in [0.05, 0.1) is 0 Å². The molecular weight excluding hydrogens is 218 g/mol. The molecule has 0 aliphatic carbocycles. The van der Waals surface area contributed by atoms with Gasteiger partial charge in [-0.15, -0.1) is 0 Å². The second-order valence-electron chi connectivity index (χ2n) is 3.14. The van der Waals surface area contributed by atoms with Crippen molar-refractivity contribution in [1.29, 1.82) is 0 Å². The zero-order valence-electron chi connectivity index (χ0n) is 7.68. The molecule has 0 aliphatic heterocycles. The van der Waals surface area contributed by atoms with Crippen molar-refractivity contribution < 1.29 is 8.78 Å². The van der Waals surface area contributed by atoms with Crippen LogP contribution in [0.4, 0.5) is 8.78 Å². The summed E-state index contributed by atoms with van der Waals surface area (Å²) in [5, 5.41) is 0.475. The topological polar surface area (TPSA) is 0 Å². The molecular formula is C12H7ClF2. The molecule has 0 aromatic heterocycles.